The van der Waals surface area contributed by atoms with E-state index in [2.05, 4.69) is 0 Å². The standard InChI is InChI=1S/C12H22O4.Mg/c1-5-6-7-8-12(9(13)14,10(15)16)11(2,3)4;/h5-8H2,1-4H3,(H,13,14)(H,15,16);/q;+2/p-2. The van der Waals surface area contributed by atoms with Crippen molar-refractivity contribution in [3.63, 3.8) is 0 Å². The van der Waals surface area contributed by atoms with Gasteiger partial charge in [-0.3, -0.25) is 0 Å². The van der Waals surface area contributed by atoms with Crippen LogP contribution in [0, 0.1) is 10.8 Å². The van der Waals surface area contributed by atoms with Crippen LogP contribution in [0.15, 0.2) is 0 Å². The summed E-state index contributed by atoms with van der Waals surface area (Å²) in [5, 5.41) is 22.3. The first kappa shape index (κ1) is 19.1. The maximum absolute atomic E-state index is 11.2. The summed E-state index contributed by atoms with van der Waals surface area (Å²) in [6, 6.07) is 0. The van der Waals surface area contributed by atoms with Crippen molar-refractivity contribution in [2.75, 3.05) is 0 Å². The van der Waals surface area contributed by atoms with E-state index in [9.17, 15) is 19.8 Å². The van der Waals surface area contributed by atoms with Crippen molar-refractivity contribution in [1.29, 1.82) is 0 Å². The molecule has 17 heavy (non-hydrogen) atoms. The van der Waals surface area contributed by atoms with Crippen LogP contribution in [0.2, 0.25) is 0 Å². The van der Waals surface area contributed by atoms with Crippen molar-refractivity contribution < 1.29 is 19.8 Å². The summed E-state index contributed by atoms with van der Waals surface area (Å²) in [4.78, 5) is 22.3. The monoisotopic (exact) mass is 252 g/mol. The molecule has 0 spiro atoms. The Morgan fingerprint density at radius 2 is 1.41 bits per heavy atom. The van der Waals surface area contributed by atoms with E-state index in [-0.39, 0.29) is 29.5 Å². The van der Waals surface area contributed by atoms with E-state index in [1.54, 1.807) is 20.8 Å². The zero-order valence-corrected chi connectivity index (χ0v) is 12.6. The number of carbonyl (C=O) groups excluding carboxylic acids is 2. The molecule has 0 aromatic heterocycles. The Kier molecular flexibility index (Phi) is 8.08. The van der Waals surface area contributed by atoms with Gasteiger partial charge in [0.1, 0.15) is 0 Å². The molecule has 0 bridgehead atoms. The van der Waals surface area contributed by atoms with Crippen molar-refractivity contribution in [3.05, 3.63) is 0 Å². The second-order valence-electron chi connectivity index (χ2n) is 5.19. The number of hydrogen-bond acceptors (Lipinski definition) is 4. The minimum Gasteiger partial charge on any atom is -0.549 e. The summed E-state index contributed by atoms with van der Waals surface area (Å²) in [5.41, 5.74) is -2.82. The molecule has 0 rings (SSSR count). The molecule has 94 valence electrons. The number of aliphatic carboxylic acids is 2. The molecule has 0 aromatic rings. The van der Waals surface area contributed by atoms with Crippen molar-refractivity contribution in [1.82, 2.24) is 0 Å². The minimum absolute atomic E-state index is 0. The summed E-state index contributed by atoms with van der Waals surface area (Å²) in [7, 11) is 0. The first-order valence-corrected chi connectivity index (χ1v) is 5.63. The predicted molar refractivity (Wildman–Crippen MR) is 61.8 cm³/mol. The number of carboxylic acids is 2. The average molecular weight is 253 g/mol. The molecule has 0 fully saturated rings. The molecule has 0 amide bonds. The second kappa shape index (κ2) is 7.21. The molecule has 0 radical (unpaired) electrons. The molecule has 5 heteroatoms. The number of carboxylic acid groups (broad SMARTS) is 2. The molecular weight excluding hydrogens is 232 g/mol. The molecule has 0 unspecified atom stereocenters. The second-order valence-corrected chi connectivity index (χ2v) is 5.19. The Balaban J connectivity index is 0. The largest absolute Gasteiger partial charge is 2.00 e. The fourth-order valence-corrected chi connectivity index (χ4v) is 1.91. The van der Waals surface area contributed by atoms with E-state index in [1.165, 1.54) is 0 Å². The quantitative estimate of drug-likeness (QED) is 0.370. The van der Waals surface area contributed by atoms with E-state index >= 15 is 0 Å². The van der Waals surface area contributed by atoms with Crippen molar-refractivity contribution >= 4 is 35.0 Å². The van der Waals surface area contributed by atoms with Gasteiger partial charge in [-0.25, -0.2) is 0 Å². The van der Waals surface area contributed by atoms with Gasteiger partial charge in [0.2, 0.25) is 0 Å². The van der Waals surface area contributed by atoms with E-state index in [4.69, 9.17) is 0 Å². The van der Waals surface area contributed by atoms with Gasteiger partial charge in [-0.1, -0.05) is 47.0 Å². The van der Waals surface area contributed by atoms with Crippen LogP contribution in [0.3, 0.4) is 0 Å². The first-order chi connectivity index (χ1) is 7.20. The van der Waals surface area contributed by atoms with Crippen LogP contribution in [-0.2, 0) is 9.59 Å². The SMILES string of the molecule is CCCCCC(C(=O)[O-])(C(=O)[O-])C(C)(C)C.[Mg+2]. The Morgan fingerprint density at radius 1 is 1.00 bits per heavy atom. The van der Waals surface area contributed by atoms with Gasteiger partial charge in [0.25, 0.3) is 0 Å². The van der Waals surface area contributed by atoms with Crippen molar-refractivity contribution in [3.8, 4) is 0 Å². The summed E-state index contributed by atoms with van der Waals surface area (Å²) >= 11 is 0. The molecule has 0 aliphatic carbocycles. The normalized spacial score (nSPS) is 11.8. The molecule has 0 saturated heterocycles. The topological polar surface area (TPSA) is 80.3 Å². The molecule has 0 aromatic carbocycles. The van der Waals surface area contributed by atoms with Crippen LogP contribution < -0.4 is 10.2 Å². The third-order valence-electron chi connectivity index (χ3n) is 3.13. The van der Waals surface area contributed by atoms with Gasteiger partial charge in [0.15, 0.2) is 0 Å². The summed E-state index contributed by atoms with van der Waals surface area (Å²) in [6.07, 6.45) is 2.32. The first-order valence-electron chi connectivity index (χ1n) is 5.63. The molecule has 0 atom stereocenters. The Labute approximate surface area is 119 Å². The van der Waals surface area contributed by atoms with Gasteiger partial charge in [-0.15, -0.1) is 0 Å². The van der Waals surface area contributed by atoms with Gasteiger partial charge >= 0.3 is 23.1 Å². The Bertz CT molecular complexity index is 254. The fraction of sp³-hybridized carbons (Fsp3) is 0.833. The summed E-state index contributed by atoms with van der Waals surface area (Å²) < 4.78 is 0. The van der Waals surface area contributed by atoms with Gasteiger partial charge in [0.05, 0.1) is 17.4 Å². The number of rotatable bonds is 6. The predicted octanol–water partition coefficient (Wildman–Crippen LogP) is -0.282. The number of carbonyl (C=O) groups is 2. The Hall–Kier alpha value is -0.294. The third-order valence-corrected chi connectivity index (χ3v) is 3.13. The van der Waals surface area contributed by atoms with Gasteiger partial charge in [0, 0.05) is 0 Å². The molecule has 0 N–H and O–H groups in total. The third kappa shape index (κ3) is 4.14. The van der Waals surface area contributed by atoms with Gasteiger partial charge in [-0.2, -0.15) is 0 Å². The van der Waals surface area contributed by atoms with Gasteiger partial charge in [-0.05, 0) is 11.8 Å². The van der Waals surface area contributed by atoms with Crippen molar-refractivity contribution in [2.45, 2.75) is 53.4 Å². The number of unbranched alkanes of at least 4 members (excludes halogenated alkanes) is 2. The van der Waals surface area contributed by atoms with Crippen LogP contribution in [-0.4, -0.2) is 35.0 Å². The molecular formula is C12H20MgO4. The van der Waals surface area contributed by atoms with E-state index in [0.717, 1.165) is 12.8 Å². The van der Waals surface area contributed by atoms with E-state index < -0.39 is 22.8 Å². The number of hydrogen-bond donors (Lipinski definition) is 0. The van der Waals surface area contributed by atoms with Crippen LogP contribution in [0.5, 0.6) is 0 Å². The van der Waals surface area contributed by atoms with Crippen LogP contribution in [0.1, 0.15) is 53.4 Å². The van der Waals surface area contributed by atoms with Crippen molar-refractivity contribution in [2.24, 2.45) is 10.8 Å². The molecule has 0 aliphatic heterocycles. The van der Waals surface area contributed by atoms with Gasteiger partial charge < -0.3 is 19.8 Å². The smallest absolute Gasteiger partial charge is 0.549 e. The maximum Gasteiger partial charge on any atom is 2.00 e. The zero-order valence-electron chi connectivity index (χ0n) is 11.2. The average Bonchev–Trinajstić information content (AvgIpc) is 2.08. The summed E-state index contributed by atoms with van der Waals surface area (Å²) in [5.74, 6) is -3.09. The molecule has 0 saturated carbocycles. The summed E-state index contributed by atoms with van der Waals surface area (Å²) in [6.45, 7) is 6.73. The van der Waals surface area contributed by atoms with E-state index in [1.807, 2.05) is 6.92 Å². The minimum atomic E-state index is -1.90. The maximum atomic E-state index is 11.2. The zero-order chi connectivity index (χ0) is 13.0. The molecule has 4 nitrogen and oxygen atoms in total. The fourth-order valence-electron chi connectivity index (χ4n) is 1.91. The van der Waals surface area contributed by atoms with E-state index in [0.29, 0.717) is 6.42 Å². The molecule has 0 heterocycles. The Morgan fingerprint density at radius 3 is 1.65 bits per heavy atom. The molecule has 0 aliphatic rings. The van der Waals surface area contributed by atoms with Crippen LogP contribution in [0.4, 0.5) is 0 Å². The van der Waals surface area contributed by atoms with Crippen LogP contribution >= 0.6 is 0 Å². The van der Waals surface area contributed by atoms with Crippen LogP contribution in [0.25, 0.3) is 0 Å².